The number of H-pyrrole nitrogens is 1. The van der Waals surface area contributed by atoms with E-state index in [-0.39, 0.29) is 5.41 Å². The maximum absolute atomic E-state index is 5.85. The minimum absolute atomic E-state index is 0.0972. The average molecular weight is 302 g/mol. The van der Waals surface area contributed by atoms with Crippen LogP contribution in [0.25, 0.3) is 11.3 Å². The van der Waals surface area contributed by atoms with Gasteiger partial charge in [-0.05, 0) is 31.1 Å². The lowest BCUT2D eigenvalue weighted by Gasteiger charge is -2.52. The molecule has 2 unspecified atom stereocenters. The van der Waals surface area contributed by atoms with Gasteiger partial charge in [0.05, 0.1) is 11.8 Å². The van der Waals surface area contributed by atoms with Gasteiger partial charge < -0.3 is 14.3 Å². The van der Waals surface area contributed by atoms with Crippen LogP contribution in [0.4, 0.5) is 0 Å². The molecule has 4 heteroatoms. The molecule has 0 radical (unpaired) electrons. The first-order valence-corrected chi connectivity index (χ1v) is 7.93. The molecule has 112 valence electrons. The third-order valence-corrected chi connectivity index (χ3v) is 5.00. The fourth-order valence-corrected chi connectivity index (χ4v) is 3.59. The maximum Gasteiger partial charge on any atom is 0.177 e. The van der Waals surface area contributed by atoms with E-state index in [1.165, 1.54) is 5.56 Å². The summed E-state index contributed by atoms with van der Waals surface area (Å²) < 4.78 is 8.91. The van der Waals surface area contributed by atoms with Crippen molar-refractivity contribution in [3.63, 3.8) is 0 Å². The first-order chi connectivity index (χ1) is 10.1. The molecule has 1 aliphatic carbocycles. The molecule has 1 aliphatic rings. The van der Waals surface area contributed by atoms with Crippen molar-refractivity contribution >= 4 is 12.2 Å². The summed E-state index contributed by atoms with van der Waals surface area (Å²) in [6, 6.07) is 10.8. The molecule has 0 spiro atoms. The Hall–Kier alpha value is -1.39. The highest BCUT2D eigenvalue weighted by Gasteiger charge is 2.50. The Morgan fingerprint density at radius 3 is 2.67 bits per heavy atom. The molecule has 1 heterocycles. The molecule has 0 aliphatic heterocycles. The van der Waals surface area contributed by atoms with E-state index in [1.54, 1.807) is 0 Å². The summed E-state index contributed by atoms with van der Waals surface area (Å²) in [5.74, 6) is 0. The lowest BCUT2D eigenvalue weighted by atomic mass is 9.64. The van der Waals surface area contributed by atoms with Gasteiger partial charge in [0.1, 0.15) is 0 Å². The Balaban J connectivity index is 1.98. The summed E-state index contributed by atoms with van der Waals surface area (Å²) in [4.78, 5) is 3.21. The largest absolute Gasteiger partial charge is 0.378 e. The lowest BCUT2D eigenvalue weighted by molar-refractivity contribution is -0.127. The molecule has 1 aromatic carbocycles. The fourth-order valence-electron chi connectivity index (χ4n) is 3.31. The van der Waals surface area contributed by atoms with Gasteiger partial charge in [-0.25, -0.2) is 0 Å². The second kappa shape index (κ2) is 5.43. The predicted octanol–water partition coefficient (Wildman–Crippen LogP) is 4.59. The third-order valence-electron chi connectivity index (χ3n) is 4.69. The van der Waals surface area contributed by atoms with Gasteiger partial charge in [-0.1, -0.05) is 44.2 Å². The van der Waals surface area contributed by atoms with Crippen molar-refractivity contribution in [1.82, 2.24) is 9.55 Å². The van der Waals surface area contributed by atoms with E-state index >= 15 is 0 Å². The van der Waals surface area contributed by atoms with Crippen molar-refractivity contribution in [3.8, 4) is 11.3 Å². The summed E-state index contributed by atoms with van der Waals surface area (Å²) in [6.07, 6.45) is 3.35. The second-order valence-electron chi connectivity index (χ2n) is 6.23. The minimum Gasteiger partial charge on any atom is -0.378 e. The predicted molar refractivity (Wildman–Crippen MR) is 87.9 cm³/mol. The molecule has 0 saturated heterocycles. The van der Waals surface area contributed by atoms with Crippen LogP contribution in [0, 0.1) is 10.2 Å². The van der Waals surface area contributed by atoms with Crippen molar-refractivity contribution < 1.29 is 4.74 Å². The molecule has 0 bridgehead atoms. The van der Waals surface area contributed by atoms with Crippen LogP contribution in [0.1, 0.15) is 33.2 Å². The van der Waals surface area contributed by atoms with Crippen LogP contribution in [0.2, 0.25) is 0 Å². The fraction of sp³-hybridized carbons (Fsp3) is 0.471. The summed E-state index contributed by atoms with van der Waals surface area (Å²) in [6.45, 7) is 7.36. The van der Waals surface area contributed by atoms with Gasteiger partial charge in [-0.3, -0.25) is 0 Å². The molecule has 0 amide bonds. The number of imidazole rings is 1. The summed E-state index contributed by atoms with van der Waals surface area (Å²) in [5, 5.41) is 0. The smallest absolute Gasteiger partial charge is 0.177 e. The topological polar surface area (TPSA) is 29.9 Å². The van der Waals surface area contributed by atoms with E-state index in [2.05, 4.69) is 54.6 Å². The molecule has 3 rings (SSSR count). The zero-order chi connectivity index (χ0) is 15.0. The van der Waals surface area contributed by atoms with Gasteiger partial charge in [0.25, 0.3) is 0 Å². The number of rotatable bonds is 4. The van der Waals surface area contributed by atoms with E-state index in [9.17, 15) is 0 Å². The summed E-state index contributed by atoms with van der Waals surface area (Å²) >= 11 is 5.52. The van der Waals surface area contributed by atoms with Crippen molar-refractivity contribution in [1.29, 1.82) is 0 Å². The van der Waals surface area contributed by atoms with Crippen molar-refractivity contribution in [2.45, 2.75) is 39.3 Å². The van der Waals surface area contributed by atoms with Gasteiger partial charge in [0, 0.05) is 24.3 Å². The molecule has 1 fully saturated rings. The Morgan fingerprint density at radius 2 is 2.05 bits per heavy atom. The number of aromatic nitrogens is 2. The minimum atomic E-state index is 0.0972. The van der Waals surface area contributed by atoms with Crippen molar-refractivity contribution in [3.05, 3.63) is 41.3 Å². The quantitative estimate of drug-likeness (QED) is 0.837. The zero-order valence-electron chi connectivity index (χ0n) is 12.8. The lowest BCUT2D eigenvalue weighted by Crippen LogP contribution is -2.51. The molecule has 2 atom stereocenters. The van der Waals surface area contributed by atoms with Gasteiger partial charge in [0.2, 0.25) is 0 Å². The Kier molecular flexibility index (Phi) is 3.76. The Labute approximate surface area is 131 Å². The molecular formula is C17H22N2OS. The number of aromatic amines is 1. The maximum atomic E-state index is 5.85. The van der Waals surface area contributed by atoms with Crippen LogP contribution >= 0.6 is 12.2 Å². The van der Waals surface area contributed by atoms with E-state index in [1.807, 2.05) is 12.3 Å². The molecule has 1 N–H and O–H groups in total. The Bertz CT molecular complexity index is 672. The van der Waals surface area contributed by atoms with Gasteiger partial charge in [-0.15, -0.1) is 0 Å². The van der Waals surface area contributed by atoms with Gasteiger partial charge in [-0.2, -0.15) is 0 Å². The highest BCUT2D eigenvalue weighted by molar-refractivity contribution is 7.71. The number of hydrogen-bond acceptors (Lipinski definition) is 2. The number of benzene rings is 1. The zero-order valence-corrected chi connectivity index (χ0v) is 13.6. The van der Waals surface area contributed by atoms with Crippen molar-refractivity contribution in [2.24, 2.45) is 5.41 Å². The monoisotopic (exact) mass is 302 g/mol. The van der Waals surface area contributed by atoms with Gasteiger partial charge >= 0.3 is 0 Å². The van der Waals surface area contributed by atoms with Crippen LogP contribution in [-0.2, 0) is 4.74 Å². The number of nitrogens with zero attached hydrogens (tertiary/aromatic N) is 1. The first-order valence-electron chi connectivity index (χ1n) is 7.52. The van der Waals surface area contributed by atoms with E-state index < -0.39 is 0 Å². The Morgan fingerprint density at radius 1 is 1.33 bits per heavy atom. The molecule has 3 nitrogen and oxygen atoms in total. The summed E-state index contributed by atoms with van der Waals surface area (Å²) in [5.41, 5.74) is 2.45. The SMILES string of the molecule is CCOC1CC(n2c(-c3ccccc3)c[nH]c2=S)C1(C)C. The number of ether oxygens (including phenoxy) is 1. The van der Waals surface area contributed by atoms with E-state index in [4.69, 9.17) is 17.0 Å². The molecule has 2 aromatic rings. The third kappa shape index (κ3) is 2.36. The van der Waals surface area contributed by atoms with E-state index in [0.717, 1.165) is 23.5 Å². The summed E-state index contributed by atoms with van der Waals surface area (Å²) in [7, 11) is 0. The van der Waals surface area contributed by atoms with Gasteiger partial charge in [0.15, 0.2) is 4.77 Å². The molecule has 21 heavy (non-hydrogen) atoms. The molecular weight excluding hydrogens is 280 g/mol. The van der Waals surface area contributed by atoms with Crippen LogP contribution in [0.3, 0.4) is 0 Å². The second-order valence-corrected chi connectivity index (χ2v) is 6.62. The van der Waals surface area contributed by atoms with Crippen LogP contribution in [0.15, 0.2) is 36.5 Å². The number of hydrogen-bond donors (Lipinski definition) is 1. The van der Waals surface area contributed by atoms with Crippen LogP contribution in [0.5, 0.6) is 0 Å². The average Bonchev–Trinajstić information content (AvgIpc) is 2.85. The molecule has 1 aromatic heterocycles. The van der Waals surface area contributed by atoms with Crippen LogP contribution < -0.4 is 0 Å². The highest BCUT2D eigenvalue weighted by Crippen LogP contribution is 2.52. The normalized spacial score (nSPS) is 23.8. The highest BCUT2D eigenvalue weighted by atomic mass is 32.1. The number of nitrogens with one attached hydrogen (secondary N) is 1. The van der Waals surface area contributed by atoms with Crippen LogP contribution in [-0.4, -0.2) is 22.3 Å². The molecule has 1 saturated carbocycles. The standard InChI is InChI=1S/C17H22N2OS/c1-4-20-15-10-14(17(15,2)3)19-13(11-18-16(19)21)12-8-6-5-7-9-12/h5-9,11,14-15H,4,10H2,1-3H3,(H,18,21). The first kappa shape index (κ1) is 14.5. The van der Waals surface area contributed by atoms with Crippen molar-refractivity contribution in [2.75, 3.05) is 6.61 Å². The van der Waals surface area contributed by atoms with E-state index in [0.29, 0.717) is 12.1 Å².